The smallest absolute Gasteiger partial charge is 0.264 e. The Labute approximate surface area is 241 Å². The first-order valence-electron chi connectivity index (χ1n) is 15.2. The van der Waals surface area contributed by atoms with Gasteiger partial charge in [-0.15, -0.1) is 0 Å². The second-order valence-corrected chi connectivity index (χ2v) is 27.3. The third-order valence-corrected chi connectivity index (χ3v) is 20.7. The maximum absolute atomic E-state index is 11.7. The summed E-state index contributed by atoms with van der Waals surface area (Å²) < 4.78 is 49.1. The molecule has 0 aromatic rings. The minimum absolute atomic E-state index is 0.0716. The number of epoxide rings is 1. The lowest BCUT2D eigenvalue weighted by molar-refractivity contribution is 0.118. The third-order valence-electron chi connectivity index (χ3n) is 11.2. The first-order chi connectivity index (χ1) is 17.7. The Morgan fingerprint density at radius 1 is 0.974 bits per heavy atom. The maximum Gasteiger partial charge on any atom is 0.264 e. The molecule has 0 N–H and O–H groups in total. The lowest BCUT2D eigenvalue weighted by Gasteiger charge is -2.41. The molecule has 1 aliphatic heterocycles. The van der Waals surface area contributed by atoms with E-state index in [0.29, 0.717) is 17.8 Å². The summed E-state index contributed by atoms with van der Waals surface area (Å²) >= 11 is 0. The van der Waals surface area contributed by atoms with Gasteiger partial charge in [-0.1, -0.05) is 66.5 Å². The predicted octanol–water partition coefficient (Wildman–Crippen LogP) is 7.28. The normalized spacial score (nSPS) is 35.0. The van der Waals surface area contributed by atoms with E-state index in [-0.39, 0.29) is 40.9 Å². The van der Waals surface area contributed by atoms with Crippen molar-refractivity contribution in [1.82, 2.24) is 0 Å². The van der Waals surface area contributed by atoms with E-state index < -0.39 is 32.4 Å². The van der Waals surface area contributed by atoms with Gasteiger partial charge in [-0.25, -0.2) is 0 Å². The SMILES string of the molecule is CC(C)(C)[Si](C)(C)O[C@H](C=C[C@H]1[C@H]2CC3(COS(C)(=O)=O)OC3[C@H]2C[C@H]1O[Si](C)(C)C(C)(C)C)C1CCCC1. The minimum atomic E-state index is -3.50. The van der Waals surface area contributed by atoms with Gasteiger partial charge in [0.1, 0.15) is 5.60 Å². The first-order valence-corrected chi connectivity index (χ1v) is 22.9. The zero-order chi connectivity index (χ0) is 29.2. The summed E-state index contributed by atoms with van der Waals surface area (Å²) in [5, 5.41) is 0.306. The highest BCUT2D eigenvalue weighted by Gasteiger charge is 2.71. The van der Waals surface area contributed by atoms with Crippen LogP contribution < -0.4 is 0 Å². The topological polar surface area (TPSA) is 74.4 Å². The molecule has 3 aliphatic carbocycles. The molecule has 4 rings (SSSR count). The van der Waals surface area contributed by atoms with E-state index in [4.69, 9.17) is 17.8 Å². The van der Waals surface area contributed by atoms with Crippen LogP contribution in [0.5, 0.6) is 0 Å². The molecule has 4 aliphatic rings. The summed E-state index contributed by atoms with van der Waals surface area (Å²) in [5.74, 6) is 1.66. The second-order valence-electron chi connectivity index (χ2n) is 16.1. The number of hydrogen-bond acceptors (Lipinski definition) is 6. The van der Waals surface area contributed by atoms with E-state index in [0.717, 1.165) is 19.1 Å². The van der Waals surface area contributed by atoms with Crippen molar-refractivity contribution in [2.75, 3.05) is 12.9 Å². The Bertz CT molecular complexity index is 1020. The Morgan fingerprint density at radius 2 is 1.56 bits per heavy atom. The van der Waals surface area contributed by atoms with Crippen LogP contribution in [0.3, 0.4) is 0 Å². The summed E-state index contributed by atoms with van der Waals surface area (Å²) in [6, 6.07) is 0. The Balaban J connectivity index is 1.59. The number of rotatable bonds is 10. The molecule has 2 unspecified atom stereocenters. The van der Waals surface area contributed by atoms with Gasteiger partial charge in [0.05, 0.1) is 31.2 Å². The molecule has 0 spiro atoms. The summed E-state index contributed by atoms with van der Waals surface area (Å²) in [5.41, 5.74) is -0.449. The van der Waals surface area contributed by atoms with Crippen LogP contribution in [0, 0.1) is 23.7 Å². The van der Waals surface area contributed by atoms with E-state index >= 15 is 0 Å². The van der Waals surface area contributed by atoms with Crippen LogP contribution in [-0.4, -0.2) is 61.8 Å². The van der Waals surface area contributed by atoms with Crippen LogP contribution in [0.4, 0.5) is 0 Å². The first kappa shape index (κ1) is 31.9. The molecule has 4 fully saturated rings. The largest absolute Gasteiger partial charge is 0.413 e. The van der Waals surface area contributed by atoms with Gasteiger partial charge in [0.25, 0.3) is 10.1 Å². The van der Waals surface area contributed by atoms with Crippen LogP contribution in [0.1, 0.15) is 80.1 Å². The highest BCUT2D eigenvalue weighted by Crippen LogP contribution is 2.64. The molecule has 0 bridgehead atoms. The van der Waals surface area contributed by atoms with Gasteiger partial charge >= 0.3 is 0 Å². The Kier molecular flexibility index (Phi) is 8.66. The summed E-state index contributed by atoms with van der Waals surface area (Å²) in [6.07, 6.45) is 13.2. The van der Waals surface area contributed by atoms with E-state index in [1.807, 2.05) is 0 Å². The third kappa shape index (κ3) is 6.80. The highest BCUT2D eigenvalue weighted by molar-refractivity contribution is 7.85. The van der Waals surface area contributed by atoms with Crippen molar-refractivity contribution in [3.05, 3.63) is 12.2 Å². The molecule has 0 aromatic carbocycles. The zero-order valence-corrected chi connectivity index (χ0v) is 29.3. The van der Waals surface area contributed by atoms with Gasteiger partial charge < -0.3 is 13.6 Å². The van der Waals surface area contributed by atoms with Gasteiger partial charge in [0, 0.05) is 5.92 Å². The lowest BCUT2D eigenvalue weighted by Crippen LogP contribution is -2.45. The van der Waals surface area contributed by atoms with Crippen molar-refractivity contribution in [3.8, 4) is 0 Å². The molecule has 7 atom stereocenters. The highest BCUT2D eigenvalue weighted by atomic mass is 32.2. The average Bonchev–Trinajstić information content (AvgIpc) is 3.08. The molecule has 1 saturated heterocycles. The zero-order valence-electron chi connectivity index (χ0n) is 26.5. The van der Waals surface area contributed by atoms with Crippen molar-refractivity contribution in [2.45, 2.75) is 140 Å². The quantitative estimate of drug-likeness (QED) is 0.114. The van der Waals surface area contributed by atoms with Gasteiger partial charge in [-0.3, -0.25) is 4.18 Å². The Morgan fingerprint density at radius 3 is 2.10 bits per heavy atom. The molecule has 226 valence electrons. The Hall–Kier alpha value is -0.0362. The second kappa shape index (κ2) is 10.6. The molecule has 3 saturated carbocycles. The fourth-order valence-corrected chi connectivity index (χ4v) is 9.80. The van der Waals surface area contributed by atoms with Crippen molar-refractivity contribution in [1.29, 1.82) is 0 Å². The van der Waals surface area contributed by atoms with Crippen LogP contribution >= 0.6 is 0 Å². The molecule has 0 amide bonds. The summed E-state index contributed by atoms with van der Waals surface area (Å²) in [4.78, 5) is 0. The molecular formula is C30H56O6SSi2. The van der Waals surface area contributed by atoms with E-state index in [1.165, 1.54) is 25.7 Å². The molecule has 39 heavy (non-hydrogen) atoms. The van der Waals surface area contributed by atoms with Gasteiger partial charge in [-0.05, 0) is 79.7 Å². The van der Waals surface area contributed by atoms with Crippen molar-refractivity contribution >= 4 is 26.8 Å². The molecule has 1 heterocycles. The molecule has 0 radical (unpaired) electrons. The lowest BCUT2D eigenvalue weighted by atomic mass is 9.88. The number of fused-ring (bicyclic) bond motifs is 3. The average molecular weight is 601 g/mol. The standard InChI is InChI=1S/C30H56O6SSi2/c1-28(2,3)38(8,9)35-25(21-14-12-13-15-21)17-16-22-24-19-30(20-33-37(7,31)32)27(34-30)23(24)18-26(22)36-39(10,11)29(4,5)6/h16-17,21-27H,12-15,18-20H2,1-11H3/t22-,23-,24+,25+,26+,27?,30?/m0/s1. The van der Waals surface area contributed by atoms with E-state index in [1.54, 1.807) is 0 Å². The fraction of sp³-hybridized carbons (Fsp3) is 0.933. The molecule has 9 heteroatoms. The van der Waals surface area contributed by atoms with Crippen LogP contribution in [0.2, 0.25) is 36.3 Å². The number of hydrogen-bond donors (Lipinski definition) is 0. The van der Waals surface area contributed by atoms with Crippen LogP contribution in [-0.2, 0) is 27.9 Å². The van der Waals surface area contributed by atoms with Gasteiger partial charge in [-0.2, -0.15) is 8.42 Å². The monoisotopic (exact) mass is 600 g/mol. The van der Waals surface area contributed by atoms with Crippen molar-refractivity contribution in [3.63, 3.8) is 0 Å². The molecular weight excluding hydrogens is 545 g/mol. The van der Waals surface area contributed by atoms with E-state index in [9.17, 15) is 8.42 Å². The van der Waals surface area contributed by atoms with Crippen molar-refractivity contribution in [2.24, 2.45) is 23.7 Å². The van der Waals surface area contributed by atoms with Gasteiger partial charge in [0.15, 0.2) is 16.6 Å². The van der Waals surface area contributed by atoms with Crippen molar-refractivity contribution < 1.29 is 26.2 Å². The summed E-state index contributed by atoms with van der Waals surface area (Å²) in [6.45, 7) is 23.4. The van der Waals surface area contributed by atoms with Crippen LogP contribution in [0.25, 0.3) is 0 Å². The fourth-order valence-electron chi connectivity index (χ4n) is 6.72. The maximum atomic E-state index is 11.7. The molecule has 6 nitrogen and oxygen atoms in total. The van der Waals surface area contributed by atoms with E-state index in [2.05, 4.69) is 79.9 Å². The summed E-state index contributed by atoms with van der Waals surface area (Å²) in [7, 11) is -7.40. The molecule has 0 aromatic heterocycles. The predicted molar refractivity (Wildman–Crippen MR) is 163 cm³/mol. The van der Waals surface area contributed by atoms with Crippen LogP contribution in [0.15, 0.2) is 12.2 Å². The minimum Gasteiger partial charge on any atom is -0.413 e. The number of ether oxygens (including phenoxy) is 1. The van der Waals surface area contributed by atoms with Gasteiger partial charge in [0.2, 0.25) is 0 Å².